The first-order valence-electron chi connectivity index (χ1n) is 6.81. The van der Waals surface area contributed by atoms with Gasteiger partial charge in [0.2, 0.25) is 11.7 Å². The highest BCUT2D eigenvalue weighted by Crippen LogP contribution is 2.22. The van der Waals surface area contributed by atoms with Crippen molar-refractivity contribution >= 4 is 0 Å². The van der Waals surface area contributed by atoms with Crippen LogP contribution in [0.4, 0.5) is 0 Å². The van der Waals surface area contributed by atoms with Crippen molar-refractivity contribution in [1.82, 2.24) is 10.1 Å². The monoisotopic (exact) mass is 259 g/mol. The summed E-state index contributed by atoms with van der Waals surface area (Å²) < 4.78 is 5.22. The van der Waals surface area contributed by atoms with E-state index in [0.717, 1.165) is 18.4 Å². The summed E-state index contributed by atoms with van der Waals surface area (Å²) in [6.07, 6.45) is 1.86. The Hall–Kier alpha value is -1.68. The van der Waals surface area contributed by atoms with Gasteiger partial charge in [-0.3, -0.25) is 0 Å². The van der Waals surface area contributed by atoms with Crippen LogP contribution < -0.4 is 5.73 Å². The summed E-state index contributed by atoms with van der Waals surface area (Å²) in [5, 5.41) is 4.00. The van der Waals surface area contributed by atoms with Crippen LogP contribution in [0.25, 0.3) is 11.4 Å². The molecular weight excluding hydrogens is 238 g/mol. The third kappa shape index (κ3) is 3.20. The lowest BCUT2D eigenvalue weighted by Crippen LogP contribution is -2.09. The predicted octanol–water partition coefficient (Wildman–Crippen LogP) is 3.66. The molecule has 0 fully saturated rings. The molecular formula is C15H21N3O. The van der Waals surface area contributed by atoms with Crippen molar-refractivity contribution in [3.05, 3.63) is 35.7 Å². The molecule has 4 nitrogen and oxygen atoms in total. The van der Waals surface area contributed by atoms with Crippen LogP contribution in [0.5, 0.6) is 0 Å². The van der Waals surface area contributed by atoms with Crippen LogP contribution in [0.3, 0.4) is 0 Å². The van der Waals surface area contributed by atoms with E-state index in [1.165, 1.54) is 5.56 Å². The van der Waals surface area contributed by atoms with Crippen molar-refractivity contribution in [3.8, 4) is 11.4 Å². The molecule has 1 unspecified atom stereocenters. The van der Waals surface area contributed by atoms with Crippen LogP contribution in [-0.2, 0) is 0 Å². The maximum atomic E-state index is 5.96. The summed E-state index contributed by atoms with van der Waals surface area (Å²) in [5.74, 6) is 1.65. The molecule has 1 heterocycles. The fourth-order valence-electron chi connectivity index (χ4n) is 1.95. The van der Waals surface area contributed by atoms with Gasteiger partial charge in [0.15, 0.2) is 0 Å². The van der Waals surface area contributed by atoms with Crippen molar-refractivity contribution < 1.29 is 4.52 Å². The van der Waals surface area contributed by atoms with Crippen LogP contribution in [-0.4, -0.2) is 10.1 Å². The molecule has 19 heavy (non-hydrogen) atoms. The molecule has 0 bridgehead atoms. The molecule has 1 aromatic carbocycles. The number of benzene rings is 1. The zero-order chi connectivity index (χ0) is 13.8. The minimum atomic E-state index is -0.166. The zero-order valence-corrected chi connectivity index (χ0v) is 11.8. The molecule has 2 aromatic rings. The number of aromatic nitrogens is 2. The zero-order valence-electron chi connectivity index (χ0n) is 11.8. The van der Waals surface area contributed by atoms with Gasteiger partial charge in [-0.1, -0.05) is 56.6 Å². The summed E-state index contributed by atoms with van der Waals surface area (Å²) in [5.41, 5.74) is 8.23. The van der Waals surface area contributed by atoms with Crippen LogP contribution >= 0.6 is 0 Å². The molecule has 102 valence electrons. The van der Waals surface area contributed by atoms with E-state index in [-0.39, 0.29) is 6.04 Å². The Kier molecular flexibility index (Phi) is 4.32. The van der Waals surface area contributed by atoms with Gasteiger partial charge in [0.05, 0.1) is 6.04 Å². The molecule has 2 N–H and O–H groups in total. The average molecular weight is 259 g/mol. The summed E-state index contributed by atoms with van der Waals surface area (Å²) in [6, 6.07) is 8.08. The molecule has 4 heteroatoms. The van der Waals surface area contributed by atoms with Crippen molar-refractivity contribution in [2.45, 2.75) is 45.6 Å². The van der Waals surface area contributed by atoms with E-state index in [1.807, 2.05) is 12.1 Å². The van der Waals surface area contributed by atoms with E-state index < -0.39 is 0 Å². The Morgan fingerprint density at radius 1 is 1.21 bits per heavy atom. The Labute approximate surface area is 114 Å². The number of hydrogen-bond donors (Lipinski definition) is 1. The van der Waals surface area contributed by atoms with E-state index in [1.54, 1.807) is 0 Å². The molecule has 2 rings (SSSR count). The molecule has 0 aliphatic carbocycles. The fraction of sp³-hybridized carbons (Fsp3) is 0.467. The second-order valence-electron chi connectivity index (χ2n) is 5.13. The smallest absolute Gasteiger partial charge is 0.243 e. The first kappa shape index (κ1) is 13.7. The lowest BCUT2D eigenvalue weighted by Gasteiger charge is -2.04. The van der Waals surface area contributed by atoms with Gasteiger partial charge in [-0.25, -0.2) is 0 Å². The number of nitrogens with zero attached hydrogens (tertiary/aromatic N) is 2. The summed E-state index contributed by atoms with van der Waals surface area (Å²) in [4.78, 5) is 4.37. The average Bonchev–Trinajstić information content (AvgIpc) is 2.89. The first-order chi connectivity index (χ1) is 9.11. The standard InChI is InChI=1S/C15H21N3O/c1-4-5-13(16)15-17-14(18-19-15)12-8-6-11(7-9-12)10(2)3/h6-10,13H,4-5,16H2,1-3H3. The van der Waals surface area contributed by atoms with Gasteiger partial charge < -0.3 is 10.3 Å². The highest BCUT2D eigenvalue weighted by Gasteiger charge is 2.14. The Morgan fingerprint density at radius 2 is 1.89 bits per heavy atom. The first-order valence-corrected chi connectivity index (χ1v) is 6.81. The predicted molar refractivity (Wildman–Crippen MR) is 75.7 cm³/mol. The summed E-state index contributed by atoms with van der Waals surface area (Å²) >= 11 is 0. The van der Waals surface area contributed by atoms with Crippen molar-refractivity contribution in [1.29, 1.82) is 0 Å². The van der Waals surface area contributed by atoms with Crippen molar-refractivity contribution in [3.63, 3.8) is 0 Å². The maximum Gasteiger partial charge on any atom is 0.243 e. The van der Waals surface area contributed by atoms with Gasteiger partial charge >= 0.3 is 0 Å². The van der Waals surface area contributed by atoms with Gasteiger partial charge in [-0.2, -0.15) is 4.98 Å². The van der Waals surface area contributed by atoms with Gasteiger partial charge in [-0.15, -0.1) is 0 Å². The maximum absolute atomic E-state index is 5.96. The van der Waals surface area contributed by atoms with Gasteiger partial charge in [0, 0.05) is 5.56 Å². The Balaban J connectivity index is 2.18. The second kappa shape index (κ2) is 5.97. The molecule has 0 spiro atoms. The quantitative estimate of drug-likeness (QED) is 0.890. The van der Waals surface area contributed by atoms with E-state index >= 15 is 0 Å². The second-order valence-corrected chi connectivity index (χ2v) is 5.13. The third-order valence-corrected chi connectivity index (χ3v) is 3.19. The number of hydrogen-bond acceptors (Lipinski definition) is 4. The van der Waals surface area contributed by atoms with Crippen LogP contribution in [0, 0.1) is 0 Å². The molecule has 1 atom stereocenters. The Bertz CT molecular complexity index is 516. The highest BCUT2D eigenvalue weighted by atomic mass is 16.5. The lowest BCUT2D eigenvalue weighted by molar-refractivity contribution is 0.348. The Morgan fingerprint density at radius 3 is 2.47 bits per heavy atom. The molecule has 0 aliphatic rings. The van der Waals surface area contributed by atoms with Crippen molar-refractivity contribution in [2.75, 3.05) is 0 Å². The summed E-state index contributed by atoms with van der Waals surface area (Å²) in [7, 11) is 0. The van der Waals surface area contributed by atoms with Crippen LogP contribution in [0.15, 0.2) is 28.8 Å². The topological polar surface area (TPSA) is 64.9 Å². The largest absolute Gasteiger partial charge is 0.337 e. The molecule has 1 aromatic heterocycles. The van der Waals surface area contributed by atoms with Gasteiger partial charge in [-0.05, 0) is 17.9 Å². The van der Waals surface area contributed by atoms with Gasteiger partial charge in [0.25, 0.3) is 0 Å². The van der Waals surface area contributed by atoms with E-state index in [0.29, 0.717) is 17.6 Å². The fourth-order valence-corrected chi connectivity index (χ4v) is 1.95. The van der Waals surface area contributed by atoms with Gasteiger partial charge in [0.1, 0.15) is 0 Å². The molecule has 0 radical (unpaired) electrons. The number of nitrogens with two attached hydrogens (primary N) is 1. The van der Waals surface area contributed by atoms with Crippen LogP contribution in [0.2, 0.25) is 0 Å². The minimum absolute atomic E-state index is 0.166. The minimum Gasteiger partial charge on any atom is -0.337 e. The number of rotatable bonds is 5. The van der Waals surface area contributed by atoms with E-state index in [9.17, 15) is 0 Å². The van der Waals surface area contributed by atoms with E-state index in [2.05, 4.69) is 43.0 Å². The van der Waals surface area contributed by atoms with Crippen molar-refractivity contribution in [2.24, 2.45) is 5.73 Å². The molecule has 0 aliphatic heterocycles. The lowest BCUT2D eigenvalue weighted by atomic mass is 10.0. The SMILES string of the molecule is CCCC(N)c1nc(-c2ccc(C(C)C)cc2)no1. The molecule has 0 saturated carbocycles. The highest BCUT2D eigenvalue weighted by molar-refractivity contribution is 5.54. The normalized spacial score (nSPS) is 12.9. The van der Waals surface area contributed by atoms with E-state index in [4.69, 9.17) is 10.3 Å². The molecule has 0 amide bonds. The van der Waals surface area contributed by atoms with Crippen LogP contribution in [0.1, 0.15) is 57.0 Å². The molecule has 0 saturated heterocycles. The third-order valence-electron chi connectivity index (χ3n) is 3.19. The summed E-state index contributed by atoms with van der Waals surface area (Å²) in [6.45, 7) is 6.43.